The summed E-state index contributed by atoms with van der Waals surface area (Å²) < 4.78 is 23.2. The Morgan fingerprint density at radius 3 is 2.72 bits per heavy atom. The van der Waals surface area contributed by atoms with Gasteiger partial charge in [-0.3, -0.25) is 9.69 Å². The summed E-state index contributed by atoms with van der Waals surface area (Å²) in [4.78, 5) is 17.1. The van der Waals surface area contributed by atoms with Gasteiger partial charge in [0.1, 0.15) is 11.1 Å². The molecule has 0 saturated carbocycles. The van der Waals surface area contributed by atoms with E-state index < -0.39 is 15.3 Å². The fourth-order valence-corrected chi connectivity index (χ4v) is 2.84. The number of nitrogens with two attached hydrogens (primary N) is 1. The third kappa shape index (κ3) is 2.76. The molecule has 0 aromatic carbocycles. The average molecular weight is 402 g/mol. The van der Waals surface area contributed by atoms with Crippen molar-refractivity contribution in [2.24, 2.45) is 5.14 Å². The smallest absolute Gasteiger partial charge is 0.229 e. The minimum absolute atomic E-state index is 0.0155. The van der Waals surface area contributed by atoms with E-state index in [0.29, 0.717) is 10.8 Å². The molecule has 1 atom stereocenters. The predicted octanol–water partition coefficient (Wildman–Crippen LogP) is 0.733. The lowest BCUT2D eigenvalue weighted by atomic mass is 10.4. The number of carbonyl (C=O) groups is 1. The molecule has 1 amide bonds. The van der Waals surface area contributed by atoms with Gasteiger partial charge in [0.05, 0.1) is 8.59 Å². The van der Waals surface area contributed by atoms with Crippen LogP contribution in [0.3, 0.4) is 0 Å². The van der Waals surface area contributed by atoms with E-state index in [-0.39, 0.29) is 18.9 Å². The zero-order valence-corrected chi connectivity index (χ0v) is 12.7. The van der Waals surface area contributed by atoms with E-state index in [2.05, 4.69) is 4.98 Å². The van der Waals surface area contributed by atoms with Crippen molar-refractivity contribution in [3.05, 3.63) is 20.9 Å². The number of aromatic nitrogens is 1. The molecule has 1 unspecified atom stereocenters. The van der Waals surface area contributed by atoms with Crippen LogP contribution in [-0.2, 0) is 14.8 Å². The molecule has 2 heterocycles. The first-order chi connectivity index (χ1) is 8.29. The Bertz CT molecular complexity index is 607. The van der Waals surface area contributed by atoms with E-state index in [1.54, 1.807) is 0 Å². The largest absolute Gasteiger partial charge is 0.295 e. The van der Waals surface area contributed by atoms with Gasteiger partial charge in [-0.1, -0.05) is 11.6 Å². The second kappa shape index (κ2) is 4.91. The first-order valence-electron chi connectivity index (χ1n) is 4.92. The summed E-state index contributed by atoms with van der Waals surface area (Å²) in [7, 11) is -3.72. The lowest BCUT2D eigenvalue weighted by molar-refractivity contribution is -0.117. The van der Waals surface area contributed by atoms with Crippen molar-refractivity contribution in [3.8, 4) is 0 Å². The lowest BCUT2D eigenvalue weighted by Gasteiger charge is -2.15. The van der Waals surface area contributed by atoms with Gasteiger partial charge in [-0.15, -0.1) is 0 Å². The molecule has 1 aromatic heterocycles. The molecule has 98 valence electrons. The third-order valence-electron chi connectivity index (χ3n) is 2.62. The second-order valence-corrected chi connectivity index (χ2v) is 7.29. The van der Waals surface area contributed by atoms with Gasteiger partial charge in [0.2, 0.25) is 15.9 Å². The molecule has 6 nitrogen and oxygen atoms in total. The normalized spacial score (nSPS) is 20.5. The molecule has 0 bridgehead atoms. The fourth-order valence-electron chi connectivity index (χ4n) is 1.67. The number of amides is 1. The Morgan fingerprint density at radius 2 is 2.22 bits per heavy atom. The number of nitrogens with zero attached hydrogens (tertiary/aromatic N) is 2. The minimum atomic E-state index is -3.72. The van der Waals surface area contributed by atoms with Gasteiger partial charge in [0.25, 0.3) is 0 Å². The molecule has 2 N–H and O–H groups in total. The van der Waals surface area contributed by atoms with Gasteiger partial charge >= 0.3 is 0 Å². The number of primary sulfonamides is 1. The highest BCUT2D eigenvalue weighted by molar-refractivity contribution is 14.1. The number of rotatable bonds is 2. The summed E-state index contributed by atoms with van der Waals surface area (Å²) in [6, 6.07) is 1.53. The van der Waals surface area contributed by atoms with Crippen LogP contribution in [0.4, 0.5) is 5.82 Å². The SMILES string of the molecule is NS(=O)(=O)C1CC(=O)N(c2cc(Cl)c(I)cn2)C1. The van der Waals surface area contributed by atoms with Crippen LogP contribution >= 0.6 is 34.2 Å². The van der Waals surface area contributed by atoms with Crippen molar-refractivity contribution in [3.63, 3.8) is 0 Å². The van der Waals surface area contributed by atoms with Crippen LogP contribution < -0.4 is 10.0 Å². The molecule has 0 radical (unpaired) electrons. The van der Waals surface area contributed by atoms with E-state index in [1.165, 1.54) is 17.2 Å². The topological polar surface area (TPSA) is 93.4 Å². The van der Waals surface area contributed by atoms with Gasteiger partial charge in [0, 0.05) is 25.2 Å². The van der Waals surface area contributed by atoms with Gasteiger partial charge in [-0.2, -0.15) is 0 Å². The van der Waals surface area contributed by atoms with Crippen LogP contribution in [0.1, 0.15) is 6.42 Å². The van der Waals surface area contributed by atoms with Crippen molar-refractivity contribution < 1.29 is 13.2 Å². The summed E-state index contributed by atoms with van der Waals surface area (Å²) in [5.41, 5.74) is 0. The van der Waals surface area contributed by atoms with Gasteiger partial charge in [0.15, 0.2) is 0 Å². The van der Waals surface area contributed by atoms with Crippen molar-refractivity contribution in [1.29, 1.82) is 0 Å². The van der Waals surface area contributed by atoms with E-state index >= 15 is 0 Å². The number of carbonyl (C=O) groups excluding carboxylic acids is 1. The van der Waals surface area contributed by atoms with Crippen molar-refractivity contribution in [1.82, 2.24) is 4.98 Å². The number of hydrogen-bond donors (Lipinski definition) is 1. The van der Waals surface area contributed by atoms with E-state index in [0.717, 1.165) is 3.57 Å². The Hall–Kier alpha value is -0.450. The number of halogens is 2. The molecule has 0 spiro atoms. The Labute approximate surface area is 123 Å². The van der Waals surface area contributed by atoms with Gasteiger partial charge in [-0.05, 0) is 22.6 Å². The van der Waals surface area contributed by atoms with E-state index in [1.807, 2.05) is 22.6 Å². The molecule has 1 aliphatic heterocycles. The third-order valence-corrected chi connectivity index (χ3v) is 5.36. The summed E-state index contributed by atoms with van der Waals surface area (Å²) in [6.07, 6.45) is 1.40. The highest BCUT2D eigenvalue weighted by atomic mass is 127. The summed E-state index contributed by atoms with van der Waals surface area (Å²) in [6.45, 7) is 0.0155. The zero-order chi connectivity index (χ0) is 13.5. The van der Waals surface area contributed by atoms with E-state index in [9.17, 15) is 13.2 Å². The fraction of sp³-hybridized carbons (Fsp3) is 0.333. The van der Waals surface area contributed by atoms with E-state index in [4.69, 9.17) is 16.7 Å². The monoisotopic (exact) mass is 401 g/mol. The minimum Gasteiger partial charge on any atom is -0.295 e. The summed E-state index contributed by atoms with van der Waals surface area (Å²) in [5, 5.41) is 4.62. The number of pyridine rings is 1. The highest BCUT2D eigenvalue weighted by Gasteiger charge is 2.37. The van der Waals surface area contributed by atoms with Crippen molar-refractivity contribution in [2.75, 3.05) is 11.4 Å². The highest BCUT2D eigenvalue weighted by Crippen LogP contribution is 2.26. The van der Waals surface area contributed by atoms with Crippen LogP contribution in [0, 0.1) is 3.57 Å². The lowest BCUT2D eigenvalue weighted by Crippen LogP contribution is -2.32. The summed E-state index contributed by atoms with van der Waals surface area (Å²) >= 11 is 7.95. The Kier molecular flexibility index (Phi) is 3.81. The maximum Gasteiger partial charge on any atom is 0.229 e. The first-order valence-corrected chi connectivity index (χ1v) is 7.98. The van der Waals surface area contributed by atoms with Crippen LogP contribution in [-0.4, -0.2) is 31.1 Å². The van der Waals surface area contributed by atoms with Crippen LogP contribution in [0.5, 0.6) is 0 Å². The quantitative estimate of drug-likeness (QED) is 0.740. The van der Waals surface area contributed by atoms with Crippen molar-refractivity contribution >= 4 is 55.9 Å². The molecule has 18 heavy (non-hydrogen) atoms. The zero-order valence-electron chi connectivity index (χ0n) is 9.01. The Balaban J connectivity index is 2.30. The Morgan fingerprint density at radius 1 is 1.56 bits per heavy atom. The molecule has 0 aliphatic carbocycles. The second-order valence-electron chi connectivity index (χ2n) is 3.88. The maximum atomic E-state index is 11.7. The van der Waals surface area contributed by atoms with Crippen molar-refractivity contribution in [2.45, 2.75) is 11.7 Å². The molecule has 1 aliphatic rings. The molecule has 9 heteroatoms. The molecule has 2 rings (SSSR count). The molecule has 1 fully saturated rings. The van der Waals surface area contributed by atoms with Crippen LogP contribution in [0.15, 0.2) is 12.3 Å². The molecule has 1 aromatic rings. The standard InChI is InChI=1S/C9H9ClIN3O3S/c10-6-2-8(13-3-7(6)11)14-4-5(1-9(14)15)18(12,16)17/h2-3,5H,1,4H2,(H2,12,16,17). The van der Waals surface area contributed by atoms with Gasteiger partial charge in [-0.25, -0.2) is 18.5 Å². The summed E-state index contributed by atoms with van der Waals surface area (Å²) in [5.74, 6) is 0.0235. The average Bonchev–Trinajstić information content (AvgIpc) is 2.64. The first kappa shape index (κ1) is 14.0. The molecular formula is C9H9ClIN3O3S. The molecule has 1 saturated heterocycles. The van der Waals surface area contributed by atoms with Crippen LogP contribution in [0.25, 0.3) is 0 Å². The molecular weight excluding hydrogens is 393 g/mol. The number of anilines is 1. The van der Waals surface area contributed by atoms with Gasteiger partial charge < -0.3 is 0 Å². The predicted molar refractivity (Wildman–Crippen MR) is 75.8 cm³/mol. The van der Waals surface area contributed by atoms with Crippen LogP contribution in [0.2, 0.25) is 5.02 Å². The number of sulfonamides is 1. The maximum absolute atomic E-state index is 11.7. The number of hydrogen-bond acceptors (Lipinski definition) is 4.